The van der Waals surface area contributed by atoms with Gasteiger partial charge in [0.1, 0.15) is 5.82 Å². The minimum atomic E-state index is 0.574. The molecule has 0 amide bonds. The van der Waals surface area contributed by atoms with E-state index in [0.717, 1.165) is 18.7 Å². The predicted molar refractivity (Wildman–Crippen MR) is 53.9 cm³/mol. The van der Waals surface area contributed by atoms with E-state index in [4.69, 9.17) is 0 Å². The molecule has 2 atom stereocenters. The molecule has 0 radical (unpaired) electrons. The molecule has 3 heteroatoms. The number of aryl methyl sites for hydroxylation is 1. The molecule has 1 aromatic rings. The summed E-state index contributed by atoms with van der Waals surface area (Å²) in [6.07, 6.45) is 1.16. The topological polar surface area (TPSA) is 29.9 Å². The van der Waals surface area contributed by atoms with Gasteiger partial charge in [0, 0.05) is 12.6 Å². The molecule has 1 aliphatic heterocycles. The Labute approximate surface area is 79.1 Å². The lowest BCUT2D eigenvalue weighted by atomic mass is 9.98. The highest BCUT2D eigenvalue weighted by molar-refractivity contribution is 5.39. The molecular formula is C10H17N3. The van der Waals surface area contributed by atoms with Gasteiger partial charge in [-0.05, 0) is 19.3 Å². The maximum atomic E-state index is 4.51. The van der Waals surface area contributed by atoms with E-state index in [1.54, 1.807) is 0 Å². The van der Waals surface area contributed by atoms with Gasteiger partial charge in [0.2, 0.25) is 0 Å². The van der Waals surface area contributed by atoms with Crippen LogP contribution in [0, 0.1) is 12.8 Å². The molecule has 2 rings (SSSR count). The standard InChI is InChI=1S/C10H17N3/c1-4-9-7(2)6-11-10-5-8(3)12-13(9)10/h5,7,9,11H,4,6H2,1-3H3. The third-order valence-corrected chi connectivity index (χ3v) is 2.85. The highest BCUT2D eigenvalue weighted by Crippen LogP contribution is 2.30. The van der Waals surface area contributed by atoms with Gasteiger partial charge in [-0.25, -0.2) is 4.68 Å². The molecule has 2 unspecified atom stereocenters. The normalized spacial score (nSPS) is 26.7. The lowest BCUT2D eigenvalue weighted by Crippen LogP contribution is -2.30. The van der Waals surface area contributed by atoms with E-state index in [-0.39, 0.29) is 0 Å². The van der Waals surface area contributed by atoms with Gasteiger partial charge in [-0.1, -0.05) is 13.8 Å². The van der Waals surface area contributed by atoms with Gasteiger partial charge in [0.25, 0.3) is 0 Å². The van der Waals surface area contributed by atoms with Crippen LogP contribution < -0.4 is 5.32 Å². The van der Waals surface area contributed by atoms with Crippen LogP contribution in [0.5, 0.6) is 0 Å². The molecule has 0 saturated carbocycles. The van der Waals surface area contributed by atoms with Crippen molar-refractivity contribution in [3.63, 3.8) is 0 Å². The molecular weight excluding hydrogens is 162 g/mol. The fourth-order valence-corrected chi connectivity index (χ4v) is 2.12. The zero-order valence-corrected chi connectivity index (χ0v) is 8.54. The number of rotatable bonds is 1. The molecule has 0 spiro atoms. The van der Waals surface area contributed by atoms with Gasteiger partial charge in [0.15, 0.2) is 0 Å². The number of nitrogens with one attached hydrogen (secondary N) is 1. The lowest BCUT2D eigenvalue weighted by molar-refractivity contribution is 0.312. The quantitative estimate of drug-likeness (QED) is 0.716. The molecule has 2 heterocycles. The van der Waals surface area contributed by atoms with Crippen molar-refractivity contribution in [3.8, 4) is 0 Å². The summed E-state index contributed by atoms with van der Waals surface area (Å²) in [4.78, 5) is 0. The minimum absolute atomic E-state index is 0.574. The largest absolute Gasteiger partial charge is 0.370 e. The predicted octanol–water partition coefficient (Wildman–Crippen LogP) is 2.20. The Morgan fingerprint density at radius 3 is 3.15 bits per heavy atom. The second kappa shape index (κ2) is 3.05. The third kappa shape index (κ3) is 1.32. The molecule has 13 heavy (non-hydrogen) atoms. The Kier molecular flexibility index (Phi) is 2.02. The molecule has 72 valence electrons. The van der Waals surface area contributed by atoms with Crippen molar-refractivity contribution in [2.45, 2.75) is 33.2 Å². The van der Waals surface area contributed by atoms with Crippen LogP contribution in [-0.2, 0) is 0 Å². The van der Waals surface area contributed by atoms with Crippen LogP contribution in [0.15, 0.2) is 6.07 Å². The molecule has 0 aliphatic carbocycles. The van der Waals surface area contributed by atoms with Gasteiger partial charge < -0.3 is 5.32 Å². The third-order valence-electron chi connectivity index (χ3n) is 2.85. The molecule has 3 nitrogen and oxygen atoms in total. The summed E-state index contributed by atoms with van der Waals surface area (Å²) >= 11 is 0. The van der Waals surface area contributed by atoms with E-state index in [1.165, 1.54) is 5.82 Å². The van der Waals surface area contributed by atoms with Crippen molar-refractivity contribution in [1.82, 2.24) is 9.78 Å². The van der Waals surface area contributed by atoms with Gasteiger partial charge in [-0.15, -0.1) is 0 Å². The summed E-state index contributed by atoms with van der Waals surface area (Å²) in [5.74, 6) is 1.86. The summed E-state index contributed by atoms with van der Waals surface area (Å²) in [5.41, 5.74) is 1.11. The van der Waals surface area contributed by atoms with Crippen LogP contribution in [0.1, 0.15) is 32.0 Å². The lowest BCUT2D eigenvalue weighted by Gasteiger charge is -2.30. The Hall–Kier alpha value is -0.990. The Bertz CT molecular complexity index is 303. The number of hydrogen-bond acceptors (Lipinski definition) is 2. The average molecular weight is 179 g/mol. The Morgan fingerprint density at radius 1 is 1.69 bits per heavy atom. The molecule has 1 aromatic heterocycles. The summed E-state index contributed by atoms with van der Waals surface area (Å²) in [7, 11) is 0. The number of hydrogen-bond donors (Lipinski definition) is 1. The van der Waals surface area contributed by atoms with E-state index in [0.29, 0.717) is 12.0 Å². The summed E-state index contributed by atoms with van der Waals surface area (Å²) in [6, 6.07) is 2.69. The van der Waals surface area contributed by atoms with Gasteiger partial charge in [0.05, 0.1) is 11.7 Å². The van der Waals surface area contributed by atoms with Crippen LogP contribution in [-0.4, -0.2) is 16.3 Å². The van der Waals surface area contributed by atoms with Crippen molar-refractivity contribution in [3.05, 3.63) is 11.8 Å². The Balaban J connectivity index is 2.38. The first-order valence-electron chi connectivity index (χ1n) is 5.02. The van der Waals surface area contributed by atoms with Crippen molar-refractivity contribution < 1.29 is 0 Å². The molecule has 0 saturated heterocycles. The van der Waals surface area contributed by atoms with Crippen molar-refractivity contribution in [2.24, 2.45) is 5.92 Å². The highest BCUT2D eigenvalue weighted by atomic mass is 15.4. The SMILES string of the molecule is CCC1C(C)CNc2cc(C)nn21. The first-order valence-corrected chi connectivity index (χ1v) is 5.02. The minimum Gasteiger partial charge on any atom is -0.370 e. The highest BCUT2D eigenvalue weighted by Gasteiger charge is 2.25. The van der Waals surface area contributed by atoms with Gasteiger partial charge >= 0.3 is 0 Å². The maximum absolute atomic E-state index is 4.51. The Morgan fingerprint density at radius 2 is 2.46 bits per heavy atom. The van der Waals surface area contributed by atoms with Crippen molar-refractivity contribution in [2.75, 3.05) is 11.9 Å². The van der Waals surface area contributed by atoms with E-state index >= 15 is 0 Å². The number of nitrogens with zero attached hydrogens (tertiary/aromatic N) is 2. The summed E-state index contributed by atoms with van der Waals surface area (Å²) in [5, 5.41) is 7.91. The molecule has 0 bridgehead atoms. The molecule has 0 aromatic carbocycles. The van der Waals surface area contributed by atoms with Crippen LogP contribution in [0.2, 0.25) is 0 Å². The monoisotopic (exact) mass is 179 g/mol. The second-order valence-electron chi connectivity index (χ2n) is 3.95. The first-order chi connectivity index (χ1) is 6.22. The summed E-state index contributed by atoms with van der Waals surface area (Å²) < 4.78 is 2.14. The van der Waals surface area contributed by atoms with E-state index in [1.807, 2.05) is 6.92 Å². The number of anilines is 1. The first kappa shape index (κ1) is 8.60. The molecule has 0 fully saturated rings. The summed E-state index contributed by atoms with van der Waals surface area (Å²) in [6.45, 7) is 7.63. The zero-order valence-electron chi connectivity index (χ0n) is 8.54. The molecule has 1 aliphatic rings. The van der Waals surface area contributed by atoms with E-state index < -0.39 is 0 Å². The average Bonchev–Trinajstić information content (AvgIpc) is 2.45. The smallest absolute Gasteiger partial charge is 0.124 e. The fourth-order valence-electron chi connectivity index (χ4n) is 2.12. The van der Waals surface area contributed by atoms with Crippen LogP contribution in [0.3, 0.4) is 0 Å². The number of aromatic nitrogens is 2. The van der Waals surface area contributed by atoms with Crippen LogP contribution in [0.25, 0.3) is 0 Å². The zero-order chi connectivity index (χ0) is 9.42. The van der Waals surface area contributed by atoms with E-state index in [2.05, 4.69) is 35.0 Å². The molecule has 1 N–H and O–H groups in total. The van der Waals surface area contributed by atoms with Crippen LogP contribution >= 0.6 is 0 Å². The van der Waals surface area contributed by atoms with Gasteiger partial charge in [-0.3, -0.25) is 0 Å². The second-order valence-corrected chi connectivity index (χ2v) is 3.95. The maximum Gasteiger partial charge on any atom is 0.124 e. The number of fused-ring (bicyclic) bond motifs is 1. The van der Waals surface area contributed by atoms with E-state index in [9.17, 15) is 0 Å². The fraction of sp³-hybridized carbons (Fsp3) is 0.700. The van der Waals surface area contributed by atoms with Crippen molar-refractivity contribution >= 4 is 5.82 Å². The van der Waals surface area contributed by atoms with Crippen molar-refractivity contribution in [1.29, 1.82) is 0 Å². The van der Waals surface area contributed by atoms with Crippen LogP contribution in [0.4, 0.5) is 5.82 Å². The van der Waals surface area contributed by atoms with Gasteiger partial charge in [-0.2, -0.15) is 5.10 Å².